The maximum atomic E-state index is 10.4. The van der Waals surface area contributed by atoms with Gasteiger partial charge in [0.1, 0.15) is 6.54 Å². The van der Waals surface area contributed by atoms with Crippen molar-refractivity contribution in [1.82, 2.24) is 0 Å². The van der Waals surface area contributed by atoms with E-state index in [1.165, 1.54) is 5.56 Å². The molecule has 4 nitrogen and oxygen atoms in total. The van der Waals surface area contributed by atoms with E-state index in [0.29, 0.717) is 13.2 Å². The van der Waals surface area contributed by atoms with Crippen LogP contribution >= 0.6 is 0 Å². The normalized spacial score (nSPS) is 17.3. The summed E-state index contributed by atoms with van der Waals surface area (Å²) in [7, 11) is 4.39. The molecule has 170 valence electrons. The Bertz CT molecular complexity index is 914. The molecule has 1 aliphatic heterocycles. The molecule has 0 spiro atoms. The molecule has 3 aromatic carbocycles. The van der Waals surface area contributed by atoms with Gasteiger partial charge in [-0.2, -0.15) is 0 Å². The molecule has 0 saturated carbocycles. The van der Waals surface area contributed by atoms with Crippen molar-refractivity contribution in [2.45, 2.75) is 12.3 Å². The van der Waals surface area contributed by atoms with Crippen LogP contribution in [0.1, 0.15) is 16.7 Å². The molecule has 3 aromatic rings. The largest absolute Gasteiger partial charge is 1.00 e. The number of rotatable bonds is 7. The number of halogens is 1. The van der Waals surface area contributed by atoms with Gasteiger partial charge in [0.25, 0.3) is 0 Å². The second kappa shape index (κ2) is 10.3. The molecule has 1 heterocycles. The van der Waals surface area contributed by atoms with Crippen LogP contribution in [0.5, 0.6) is 0 Å². The van der Waals surface area contributed by atoms with E-state index in [4.69, 9.17) is 9.47 Å². The molecule has 1 aliphatic rings. The number of hydrogen-bond donors (Lipinski definition) is 1. The van der Waals surface area contributed by atoms with Crippen molar-refractivity contribution < 1.29 is 36.0 Å². The van der Waals surface area contributed by atoms with Gasteiger partial charge >= 0.3 is 0 Å². The van der Waals surface area contributed by atoms with Crippen LogP contribution in [-0.2, 0) is 21.8 Å². The number of benzene rings is 3. The van der Waals surface area contributed by atoms with Crippen molar-refractivity contribution in [2.75, 3.05) is 40.5 Å². The van der Waals surface area contributed by atoms with Crippen molar-refractivity contribution >= 4 is 0 Å². The fourth-order valence-electron chi connectivity index (χ4n) is 4.68. The fraction of sp³-hybridized carbons (Fsp3) is 0.333. The van der Waals surface area contributed by atoms with Crippen LogP contribution < -0.4 is 17.0 Å². The molecule has 0 atom stereocenters. The van der Waals surface area contributed by atoms with Crippen molar-refractivity contribution in [2.24, 2.45) is 5.41 Å². The minimum Gasteiger partial charge on any atom is -1.00 e. The summed E-state index contributed by atoms with van der Waals surface area (Å²) in [5, 5.41) is 10.4. The van der Waals surface area contributed by atoms with E-state index in [9.17, 15) is 5.11 Å². The third kappa shape index (κ3) is 5.30. The summed E-state index contributed by atoms with van der Waals surface area (Å²) in [6.07, 6.45) is 0. The van der Waals surface area contributed by atoms with E-state index in [1.807, 2.05) is 66.7 Å². The Morgan fingerprint density at radius 3 is 1.62 bits per heavy atom. The summed E-state index contributed by atoms with van der Waals surface area (Å²) < 4.78 is 13.8. The number of aliphatic hydroxyl groups is 1. The van der Waals surface area contributed by atoms with Crippen LogP contribution in [0.2, 0.25) is 0 Å². The maximum absolute atomic E-state index is 10.4. The van der Waals surface area contributed by atoms with Gasteiger partial charge in [0.05, 0.1) is 45.9 Å². The Kier molecular flexibility index (Phi) is 7.91. The molecule has 1 N–H and O–H groups in total. The first-order valence-corrected chi connectivity index (χ1v) is 10.8. The van der Waals surface area contributed by atoms with E-state index < -0.39 is 11.2 Å². The Morgan fingerprint density at radius 1 is 0.750 bits per heavy atom. The standard InChI is InChI=1S/C27H32NO3.BrH/c1-28(2,18-23-12-6-3-7-13-23)19-26(20-29)21-30-27(31-22-26,24-14-8-4-9-15-24)25-16-10-5-11-17-25;/h3-17,29H,18-22H2,1-2H3;1H/q+1;/p-1. The minimum atomic E-state index is -0.961. The van der Waals surface area contributed by atoms with Gasteiger partial charge in [-0.25, -0.2) is 0 Å². The quantitative estimate of drug-likeness (QED) is 0.498. The first-order valence-electron chi connectivity index (χ1n) is 10.8. The number of hydrogen-bond acceptors (Lipinski definition) is 3. The molecule has 0 unspecified atom stereocenters. The zero-order valence-electron chi connectivity index (χ0n) is 18.8. The monoisotopic (exact) mass is 497 g/mol. The highest BCUT2D eigenvalue weighted by Crippen LogP contribution is 2.42. The van der Waals surface area contributed by atoms with Gasteiger partial charge in [0.15, 0.2) is 0 Å². The zero-order chi connectivity index (χ0) is 21.8. The van der Waals surface area contributed by atoms with Gasteiger partial charge in [-0.15, -0.1) is 0 Å². The summed E-state index contributed by atoms with van der Waals surface area (Å²) in [6.45, 7) is 2.49. The summed E-state index contributed by atoms with van der Waals surface area (Å²) in [5.74, 6) is -0.961. The zero-order valence-corrected chi connectivity index (χ0v) is 20.4. The molecular weight excluding hydrogens is 466 g/mol. The highest BCUT2D eigenvalue weighted by atomic mass is 79.9. The molecule has 0 radical (unpaired) electrons. The lowest BCUT2D eigenvalue weighted by molar-refractivity contribution is -0.911. The molecule has 4 rings (SSSR count). The van der Waals surface area contributed by atoms with E-state index in [1.54, 1.807) is 0 Å². The average molecular weight is 498 g/mol. The topological polar surface area (TPSA) is 38.7 Å². The van der Waals surface area contributed by atoms with Gasteiger partial charge in [0, 0.05) is 16.7 Å². The van der Waals surface area contributed by atoms with E-state index in [2.05, 4.69) is 38.4 Å². The molecule has 1 fully saturated rings. The van der Waals surface area contributed by atoms with Gasteiger partial charge in [0.2, 0.25) is 5.79 Å². The molecule has 0 amide bonds. The molecule has 0 aromatic heterocycles. The second-order valence-corrected chi connectivity index (χ2v) is 9.32. The Hall–Kier alpha value is -2.02. The van der Waals surface area contributed by atoms with Crippen molar-refractivity contribution in [1.29, 1.82) is 0 Å². The van der Waals surface area contributed by atoms with Crippen molar-refractivity contribution in [3.05, 3.63) is 108 Å². The summed E-state index contributed by atoms with van der Waals surface area (Å²) in [5.41, 5.74) is 2.74. The van der Waals surface area contributed by atoms with Crippen LogP contribution in [0.25, 0.3) is 0 Å². The number of quaternary nitrogens is 1. The predicted octanol–water partition coefficient (Wildman–Crippen LogP) is 1.19. The lowest BCUT2D eigenvalue weighted by atomic mass is 9.86. The Morgan fingerprint density at radius 2 is 1.19 bits per heavy atom. The summed E-state index contributed by atoms with van der Waals surface area (Å²) in [6, 6.07) is 30.6. The van der Waals surface area contributed by atoms with Crippen molar-refractivity contribution in [3.8, 4) is 0 Å². The Balaban J connectivity index is 0.00000289. The lowest BCUT2D eigenvalue weighted by Gasteiger charge is -2.48. The molecule has 0 aliphatic carbocycles. The first-order chi connectivity index (χ1) is 15.0. The van der Waals surface area contributed by atoms with Gasteiger partial charge in [-0.1, -0.05) is 91.0 Å². The molecular formula is C27H32BrNO3. The molecule has 1 saturated heterocycles. The second-order valence-electron chi connectivity index (χ2n) is 9.32. The number of nitrogens with zero attached hydrogens (tertiary/aromatic N) is 1. The summed E-state index contributed by atoms with van der Waals surface area (Å²) in [4.78, 5) is 0. The van der Waals surface area contributed by atoms with Gasteiger partial charge in [-0.05, 0) is 0 Å². The predicted molar refractivity (Wildman–Crippen MR) is 122 cm³/mol. The lowest BCUT2D eigenvalue weighted by Crippen LogP contribution is -3.00. The minimum absolute atomic E-state index is 0. The van der Waals surface area contributed by atoms with Crippen LogP contribution in [0, 0.1) is 5.41 Å². The van der Waals surface area contributed by atoms with E-state index >= 15 is 0 Å². The van der Waals surface area contributed by atoms with Crippen LogP contribution in [0.4, 0.5) is 0 Å². The maximum Gasteiger partial charge on any atom is 0.222 e. The number of aliphatic hydroxyl groups excluding tert-OH is 1. The van der Waals surface area contributed by atoms with Crippen LogP contribution in [-0.4, -0.2) is 50.1 Å². The van der Waals surface area contributed by atoms with Crippen LogP contribution in [0.3, 0.4) is 0 Å². The fourth-order valence-corrected chi connectivity index (χ4v) is 4.68. The van der Waals surface area contributed by atoms with E-state index in [0.717, 1.165) is 28.7 Å². The van der Waals surface area contributed by atoms with Gasteiger partial charge < -0.3 is 36.0 Å². The third-order valence-corrected chi connectivity index (χ3v) is 6.02. The molecule has 32 heavy (non-hydrogen) atoms. The van der Waals surface area contributed by atoms with E-state index in [-0.39, 0.29) is 23.6 Å². The van der Waals surface area contributed by atoms with Gasteiger partial charge in [-0.3, -0.25) is 0 Å². The SMILES string of the molecule is C[N+](C)(Cc1ccccc1)CC1(CO)COC(c2ccccc2)(c2ccccc2)OC1.[Br-]. The smallest absolute Gasteiger partial charge is 0.222 e. The highest BCUT2D eigenvalue weighted by molar-refractivity contribution is 5.34. The van der Waals surface area contributed by atoms with Crippen molar-refractivity contribution in [3.63, 3.8) is 0 Å². The molecule has 5 heteroatoms. The average Bonchev–Trinajstić information content (AvgIpc) is 2.81. The third-order valence-electron chi connectivity index (χ3n) is 6.02. The highest BCUT2D eigenvalue weighted by Gasteiger charge is 2.49. The van der Waals surface area contributed by atoms with Crippen LogP contribution in [0.15, 0.2) is 91.0 Å². The number of ether oxygens (including phenoxy) is 2. The Labute approximate surface area is 201 Å². The first kappa shape index (κ1) is 24.6. The summed E-state index contributed by atoms with van der Waals surface area (Å²) >= 11 is 0. The molecule has 0 bridgehead atoms.